The number of carboxylic acid groups (broad SMARTS) is 1. The fraction of sp³-hybridized carbons (Fsp3) is 0.857. The number of aliphatic carboxylic acids is 1. The van der Waals surface area contributed by atoms with Crippen LogP contribution in [0.3, 0.4) is 0 Å². The maximum atomic E-state index is 11.9. The number of halogens is 1. The molecule has 118 valence electrons. The van der Waals surface area contributed by atoms with Gasteiger partial charge in [0.15, 0.2) is 0 Å². The smallest absolute Gasteiger partial charge is 0.304 e. The first-order valence-corrected chi connectivity index (χ1v) is 7.10. The van der Waals surface area contributed by atoms with Crippen molar-refractivity contribution in [2.24, 2.45) is 11.8 Å². The second kappa shape index (κ2) is 9.19. The van der Waals surface area contributed by atoms with E-state index in [1.165, 1.54) is 12.8 Å². The van der Waals surface area contributed by atoms with Crippen molar-refractivity contribution in [2.45, 2.75) is 45.6 Å². The molecule has 0 heterocycles. The Morgan fingerprint density at radius 3 is 2.55 bits per heavy atom. The number of nitrogens with one attached hydrogen (secondary N) is 1. The lowest BCUT2D eigenvalue weighted by Gasteiger charge is -2.34. The first-order chi connectivity index (χ1) is 8.90. The van der Waals surface area contributed by atoms with Crippen molar-refractivity contribution in [1.29, 1.82) is 0 Å². The van der Waals surface area contributed by atoms with Crippen molar-refractivity contribution >= 4 is 24.3 Å². The molecule has 1 saturated carbocycles. The van der Waals surface area contributed by atoms with E-state index in [1.807, 2.05) is 0 Å². The van der Waals surface area contributed by atoms with Gasteiger partial charge in [-0.3, -0.25) is 14.5 Å². The van der Waals surface area contributed by atoms with E-state index in [9.17, 15) is 9.59 Å². The zero-order chi connectivity index (χ0) is 14.4. The lowest BCUT2D eigenvalue weighted by molar-refractivity contribution is -0.137. The fourth-order valence-corrected chi connectivity index (χ4v) is 2.65. The average molecular weight is 307 g/mol. The van der Waals surface area contributed by atoms with E-state index in [4.69, 9.17) is 5.11 Å². The van der Waals surface area contributed by atoms with Crippen LogP contribution in [-0.2, 0) is 9.59 Å². The second-order valence-corrected chi connectivity index (χ2v) is 5.82. The highest BCUT2D eigenvalue weighted by Crippen LogP contribution is 2.29. The maximum Gasteiger partial charge on any atom is 0.304 e. The molecular formula is C14H27ClN2O3. The molecule has 1 aliphatic rings. The number of nitrogens with zero attached hydrogens (tertiary/aromatic N) is 1. The van der Waals surface area contributed by atoms with E-state index in [0.717, 1.165) is 6.42 Å². The summed E-state index contributed by atoms with van der Waals surface area (Å²) in [6, 6.07) is 0.268. The molecule has 0 aromatic rings. The largest absolute Gasteiger partial charge is 0.481 e. The van der Waals surface area contributed by atoms with Gasteiger partial charge >= 0.3 is 5.97 Å². The Morgan fingerprint density at radius 2 is 1.95 bits per heavy atom. The molecule has 0 aromatic heterocycles. The number of carboxylic acids is 1. The van der Waals surface area contributed by atoms with Crippen LogP contribution in [0.5, 0.6) is 0 Å². The minimum absolute atomic E-state index is 0. The van der Waals surface area contributed by atoms with E-state index in [2.05, 4.69) is 19.2 Å². The first-order valence-electron chi connectivity index (χ1n) is 7.10. The molecule has 2 N–H and O–H groups in total. The van der Waals surface area contributed by atoms with Gasteiger partial charge in [-0.2, -0.15) is 0 Å². The third-order valence-corrected chi connectivity index (χ3v) is 4.17. The van der Waals surface area contributed by atoms with Gasteiger partial charge in [-0.25, -0.2) is 0 Å². The average Bonchev–Trinajstić information content (AvgIpc) is 2.32. The SMILES string of the molecule is CC1CCCC(NC(=O)CN(C)CCC(=O)O)C1C.Cl. The normalized spacial score (nSPS) is 25.9. The van der Waals surface area contributed by atoms with Gasteiger partial charge in [-0.15, -0.1) is 12.4 Å². The summed E-state index contributed by atoms with van der Waals surface area (Å²) >= 11 is 0. The molecule has 20 heavy (non-hydrogen) atoms. The molecule has 0 saturated heterocycles. The van der Waals surface area contributed by atoms with E-state index in [1.54, 1.807) is 11.9 Å². The molecule has 0 radical (unpaired) electrons. The highest BCUT2D eigenvalue weighted by molar-refractivity contribution is 5.85. The number of likely N-dealkylation sites (N-methyl/N-ethyl adjacent to an activating group) is 1. The second-order valence-electron chi connectivity index (χ2n) is 5.82. The maximum absolute atomic E-state index is 11.9. The highest BCUT2D eigenvalue weighted by atomic mass is 35.5. The van der Waals surface area contributed by atoms with Gasteiger partial charge in [0.1, 0.15) is 0 Å². The summed E-state index contributed by atoms with van der Waals surface area (Å²) in [5.41, 5.74) is 0. The topological polar surface area (TPSA) is 69.6 Å². The van der Waals surface area contributed by atoms with Gasteiger partial charge in [0.05, 0.1) is 13.0 Å². The van der Waals surface area contributed by atoms with E-state index in [0.29, 0.717) is 18.4 Å². The van der Waals surface area contributed by atoms with E-state index >= 15 is 0 Å². The van der Waals surface area contributed by atoms with Crippen molar-refractivity contribution < 1.29 is 14.7 Å². The number of carbonyl (C=O) groups excluding carboxylic acids is 1. The molecular weight excluding hydrogens is 280 g/mol. The van der Waals surface area contributed by atoms with Crippen LogP contribution in [0.4, 0.5) is 0 Å². The Balaban J connectivity index is 0.00000361. The number of rotatable bonds is 6. The summed E-state index contributed by atoms with van der Waals surface area (Å²) in [6.45, 7) is 5.11. The quantitative estimate of drug-likeness (QED) is 0.784. The molecule has 1 rings (SSSR count). The number of hydrogen-bond donors (Lipinski definition) is 2. The zero-order valence-electron chi connectivity index (χ0n) is 12.6. The summed E-state index contributed by atoms with van der Waals surface area (Å²) in [6.07, 6.45) is 3.54. The molecule has 0 bridgehead atoms. The van der Waals surface area contributed by atoms with Crippen LogP contribution in [-0.4, -0.2) is 48.1 Å². The molecule has 0 aliphatic heterocycles. The lowest BCUT2D eigenvalue weighted by Crippen LogP contribution is -2.47. The van der Waals surface area contributed by atoms with Gasteiger partial charge in [0, 0.05) is 12.6 Å². The van der Waals surface area contributed by atoms with Crippen molar-refractivity contribution in [3.63, 3.8) is 0 Å². The van der Waals surface area contributed by atoms with Crippen molar-refractivity contribution in [3.05, 3.63) is 0 Å². The molecule has 0 aromatic carbocycles. The number of carbonyl (C=O) groups is 2. The molecule has 1 fully saturated rings. The Bertz CT molecular complexity index is 326. The molecule has 1 amide bonds. The summed E-state index contributed by atoms with van der Waals surface area (Å²) in [5.74, 6) is 0.339. The van der Waals surface area contributed by atoms with Crippen molar-refractivity contribution in [3.8, 4) is 0 Å². The molecule has 6 heteroatoms. The monoisotopic (exact) mass is 306 g/mol. The third-order valence-electron chi connectivity index (χ3n) is 4.17. The predicted octanol–water partition coefficient (Wildman–Crippen LogP) is 1.76. The van der Waals surface area contributed by atoms with Gasteiger partial charge in [-0.05, 0) is 25.3 Å². The van der Waals surface area contributed by atoms with Crippen molar-refractivity contribution in [1.82, 2.24) is 10.2 Å². The van der Waals surface area contributed by atoms with E-state index in [-0.39, 0.29) is 37.3 Å². The summed E-state index contributed by atoms with van der Waals surface area (Å²) in [7, 11) is 1.77. The van der Waals surface area contributed by atoms with Crippen LogP contribution in [0.2, 0.25) is 0 Å². The number of amides is 1. The standard InChI is InChI=1S/C14H26N2O3.ClH/c1-10-5-4-6-12(11(10)2)15-13(17)9-16(3)8-7-14(18)19;/h10-12H,4-9H2,1-3H3,(H,15,17)(H,18,19);1H. The molecule has 0 spiro atoms. The van der Waals surface area contributed by atoms with Crippen LogP contribution in [0, 0.1) is 11.8 Å². The molecule has 3 unspecified atom stereocenters. The van der Waals surface area contributed by atoms with Crippen LogP contribution in [0.1, 0.15) is 39.5 Å². The predicted molar refractivity (Wildman–Crippen MR) is 81.1 cm³/mol. The molecule has 3 atom stereocenters. The Hall–Kier alpha value is -0.810. The first kappa shape index (κ1) is 19.2. The van der Waals surface area contributed by atoms with E-state index < -0.39 is 5.97 Å². The Morgan fingerprint density at radius 1 is 1.30 bits per heavy atom. The minimum atomic E-state index is -0.831. The van der Waals surface area contributed by atoms with Gasteiger partial charge in [0.25, 0.3) is 0 Å². The van der Waals surface area contributed by atoms with Crippen LogP contribution in [0.25, 0.3) is 0 Å². The summed E-state index contributed by atoms with van der Waals surface area (Å²) < 4.78 is 0. The molecule has 1 aliphatic carbocycles. The summed E-state index contributed by atoms with van der Waals surface area (Å²) in [4.78, 5) is 24.1. The Labute approximate surface area is 127 Å². The van der Waals surface area contributed by atoms with Gasteiger partial charge in [-0.1, -0.05) is 26.7 Å². The van der Waals surface area contributed by atoms with Crippen LogP contribution >= 0.6 is 12.4 Å². The zero-order valence-corrected chi connectivity index (χ0v) is 13.4. The van der Waals surface area contributed by atoms with Crippen molar-refractivity contribution in [2.75, 3.05) is 20.1 Å². The third kappa shape index (κ3) is 6.57. The fourth-order valence-electron chi connectivity index (χ4n) is 2.65. The summed E-state index contributed by atoms with van der Waals surface area (Å²) in [5, 5.41) is 11.7. The number of hydrogen-bond acceptors (Lipinski definition) is 3. The lowest BCUT2D eigenvalue weighted by atomic mass is 9.78. The van der Waals surface area contributed by atoms with Gasteiger partial charge < -0.3 is 10.4 Å². The molecule has 5 nitrogen and oxygen atoms in total. The minimum Gasteiger partial charge on any atom is -0.481 e. The highest BCUT2D eigenvalue weighted by Gasteiger charge is 2.28. The van der Waals surface area contributed by atoms with Crippen LogP contribution in [0.15, 0.2) is 0 Å². The Kier molecular flexibility index (Phi) is 8.81. The van der Waals surface area contributed by atoms with Crippen LogP contribution < -0.4 is 5.32 Å². The van der Waals surface area contributed by atoms with Gasteiger partial charge in [0.2, 0.25) is 5.91 Å².